The van der Waals surface area contributed by atoms with Gasteiger partial charge in [-0.3, -0.25) is 9.69 Å². The van der Waals surface area contributed by atoms with Crippen LogP contribution >= 0.6 is 23.1 Å². The monoisotopic (exact) mass is 439 g/mol. The number of amides is 1. The summed E-state index contributed by atoms with van der Waals surface area (Å²) in [5.74, 6) is 2.48. The number of carbonyl (C=O) groups is 1. The molecule has 30 heavy (non-hydrogen) atoms. The third-order valence-electron chi connectivity index (χ3n) is 5.69. The fourth-order valence-electron chi connectivity index (χ4n) is 3.58. The van der Waals surface area contributed by atoms with Gasteiger partial charge in [0.25, 0.3) is 0 Å². The van der Waals surface area contributed by atoms with Crippen molar-refractivity contribution in [2.24, 2.45) is 0 Å². The van der Waals surface area contributed by atoms with Gasteiger partial charge in [-0.05, 0) is 62.8 Å². The van der Waals surface area contributed by atoms with E-state index in [0.29, 0.717) is 17.1 Å². The van der Waals surface area contributed by atoms with Crippen LogP contribution in [0.3, 0.4) is 0 Å². The van der Waals surface area contributed by atoms with Crippen LogP contribution in [0.4, 0.5) is 10.8 Å². The van der Waals surface area contributed by atoms with Crippen molar-refractivity contribution in [2.45, 2.75) is 69.3 Å². The summed E-state index contributed by atoms with van der Waals surface area (Å²) in [4.78, 5) is 18.9. The van der Waals surface area contributed by atoms with Gasteiger partial charge in [-0.15, -0.1) is 21.5 Å². The zero-order valence-electron chi connectivity index (χ0n) is 17.5. The van der Waals surface area contributed by atoms with Crippen LogP contribution in [0.25, 0.3) is 0 Å². The molecule has 0 bridgehead atoms. The Kier molecular flexibility index (Phi) is 5.14. The van der Waals surface area contributed by atoms with Crippen molar-refractivity contribution in [3.63, 3.8) is 0 Å². The minimum absolute atomic E-state index is 0.0330. The molecular weight excluding hydrogens is 414 g/mol. The number of benzene rings is 1. The molecule has 0 N–H and O–H groups in total. The Morgan fingerprint density at radius 1 is 1.20 bits per heavy atom. The molecule has 8 heteroatoms. The summed E-state index contributed by atoms with van der Waals surface area (Å²) in [6.45, 7) is 5.72. The van der Waals surface area contributed by atoms with Gasteiger partial charge in [0, 0.05) is 30.0 Å². The van der Waals surface area contributed by atoms with E-state index in [-0.39, 0.29) is 5.91 Å². The predicted molar refractivity (Wildman–Crippen MR) is 121 cm³/mol. The van der Waals surface area contributed by atoms with Crippen molar-refractivity contribution in [1.29, 1.82) is 0 Å². The van der Waals surface area contributed by atoms with Crippen molar-refractivity contribution in [3.05, 3.63) is 46.2 Å². The van der Waals surface area contributed by atoms with Crippen molar-refractivity contribution in [3.8, 4) is 0 Å². The Hall–Kier alpha value is -2.19. The third-order valence-corrected chi connectivity index (χ3v) is 7.54. The van der Waals surface area contributed by atoms with E-state index in [1.165, 1.54) is 48.4 Å². The number of hydrogen-bond acceptors (Lipinski definition) is 6. The largest absolute Gasteiger partial charge is 0.303 e. The fourth-order valence-corrected chi connectivity index (χ4v) is 5.48. The van der Waals surface area contributed by atoms with Gasteiger partial charge in [-0.25, -0.2) is 4.98 Å². The number of thioether (sulfide) groups is 1. The maximum absolute atomic E-state index is 12.4. The molecule has 2 aromatic heterocycles. The fraction of sp³-hybridized carbons (Fsp3) is 0.455. The molecule has 0 radical (unpaired) electrons. The van der Waals surface area contributed by atoms with Crippen LogP contribution in [-0.2, 0) is 10.5 Å². The first-order chi connectivity index (χ1) is 14.5. The quantitative estimate of drug-likeness (QED) is 0.452. The van der Waals surface area contributed by atoms with E-state index in [2.05, 4.69) is 28.6 Å². The molecule has 1 amide bonds. The SMILES string of the molecule is CC(=O)N(c1ccc(C)c(C)c1)c1nc(CSc2nnc(C3CC3)n2C2CC2)cs1. The van der Waals surface area contributed by atoms with Gasteiger partial charge in [0.1, 0.15) is 5.82 Å². The normalized spacial score (nSPS) is 16.1. The Balaban J connectivity index is 1.34. The van der Waals surface area contributed by atoms with E-state index < -0.39 is 0 Å². The lowest BCUT2D eigenvalue weighted by molar-refractivity contribution is -0.115. The summed E-state index contributed by atoms with van der Waals surface area (Å²) >= 11 is 3.21. The summed E-state index contributed by atoms with van der Waals surface area (Å²) in [6.07, 6.45) is 4.94. The van der Waals surface area contributed by atoms with Crippen LogP contribution in [-0.4, -0.2) is 25.7 Å². The van der Waals surface area contributed by atoms with Crippen LogP contribution in [0.1, 0.15) is 67.2 Å². The molecule has 0 aliphatic heterocycles. The van der Waals surface area contributed by atoms with Crippen molar-refractivity contribution in [1.82, 2.24) is 19.7 Å². The number of carbonyl (C=O) groups excluding carboxylic acids is 1. The third kappa shape index (κ3) is 3.90. The van der Waals surface area contributed by atoms with E-state index in [1.807, 2.05) is 23.6 Å². The highest BCUT2D eigenvalue weighted by atomic mass is 32.2. The van der Waals surface area contributed by atoms with E-state index in [0.717, 1.165) is 27.9 Å². The van der Waals surface area contributed by atoms with Gasteiger partial charge in [-0.2, -0.15) is 0 Å². The molecule has 1 aromatic carbocycles. The van der Waals surface area contributed by atoms with Crippen molar-refractivity contribution >= 4 is 39.8 Å². The molecule has 0 unspecified atom stereocenters. The maximum Gasteiger partial charge on any atom is 0.230 e. The Bertz CT molecular complexity index is 1100. The summed E-state index contributed by atoms with van der Waals surface area (Å²) in [7, 11) is 0. The standard InChI is InChI=1S/C22H25N5OS2/c1-13-4-7-19(10-14(13)2)26(15(3)28)21-23-17(11-29-21)12-30-22-25-24-20(16-5-6-16)27(22)18-8-9-18/h4,7,10-11,16,18H,5-6,8-9,12H2,1-3H3. The molecule has 3 aromatic rings. The number of aromatic nitrogens is 4. The molecule has 5 rings (SSSR count). The Labute approximate surface area is 184 Å². The molecule has 156 valence electrons. The average molecular weight is 440 g/mol. The Morgan fingerprint density at radius 3 is 2.67 bits per heavy atom. The maximum atomic E-state index is 12.4. The lowest BCUT2D eigenvalue weighted by Crippen LogP contribution is -2.22. The molecule has 0 saturated heterocycles. The second-order valence-electron chi connectivity index (χ2n) is 8.25. The molecule has 2 saturated carbocycles. The molecule has 2 heterocycles. The molecule has 2 aliphatic rings. The predicted octanol–water partition coefficient (Wildman–Crippen LogP) is 5.54. The summed E-state index contributed by atoms with van der Waals surface area (Å²) in [5.41, 5.74) is 4.20. The van der Waals surface area contributed by atoms with E-state index in [1.54, 1.807) is 23.6 Å². The summed E-state index contributed by atoms with van der Waals surface area (Å²) < 4.78 is 2.37. The van der Waals surface area contributed by atoms with Crippen molar-refractivity contribution in [2.75, 3.05) is 4.90 Å². The number of aryl methyl sites for hydroxylation is 2. The van der Waals surface area contributed by atoms with Crippen LogP contribution in [0.5, 0.6) is 0 Å². The zero-order valence-corrected chi connectivity index (χ0v) is 19.1. The van der Waals surface area contributed by atoms with Crippen LogP contribution in [0.2, 0.25) is 0 Å². The number of hydrogen-bond donors (Lipinski definition) is 0. The van der Waals surface area contributed by atoms with Crippen LogP contribution < -0.4 is 4.90 Å². The first kappa shape index (κ1) is 19.8. The summed E-state index contributed by atoms with van der Waals surface area (Å²) in [5, 5.41) is 12.7. The zero-order chi connectivity index (χ0) is 20.8. The number of thiazole rings is 1. The van der Waals surface area contributed by atoms with Crippen molar-refractivity contribution < 1.29 is 4.79 Å². The molecule has 2 aliphatic carbocycles. The highest BCUT2D eigenvalue weighted by Crippen LogP contribution is 2.46. The van der Waals surface area contributed by atoms with Crippen LogP contribution in [0, 0.1) is 13.8 Å². The molecular formula is C22H25N5OS2. The lowest BCUT2D eigenvalue weighted by Gasteiger charge is -2.19. The molecule has 0 atom stereocenters. The van der Waals surface area contributed by atoms with Gasteiger partial charge in [0.15, 0.2) is 10.3 Å². The number of anilines is 2. The lowest BCUT2D eigenvalue weighted by atomic mass is 10.1. The van der Waals surface area contributed by atoms with Gasteiger partial charge in [-0.1, -0.05) is 17.8 Å². The van der Waals surface area contributed by atoms with E-state index in [4.69, 9.17) is 4.98 Å². The Morgan fingerprint density at radius 2 is 2.00 bits per heavy atom. The van der Waals surface area contributed by atoms with Gasteiger partial charge in [0.05, 0.1) is 11.4 Å². The van der Waals surface area contributed by atoms with E-state index in [9.17, 15) is 4.79 Å². The minimum Gasteiger partial charge on any atom is -0.303 e. The number of nitrogens with zero attached hydrogens (tertiary/aromatic N) is 5. The van der Waals surface area contributed by atoms with E-state index >= 15 is 0 Å². The first-order valence-electron chi connectivity index (χ1n) is 10.4. The molecule has 0 spiro atoms. The minimum atomic E-state index is -0.0330. The second-order valence-corrected chi connectivity index (χ2v) is 10.0. The topological polar surface area (TPSA) is 63.9 Å². The average Bonchev–Trinajstić information content (AvgIpc) is 3.65. The number of rotatable bonds is 7. The first-order valence-corrected chi connectivity index (χ1v) is 12.3. The summed E-state index contributed by atoms with van der Waals surface area (Å²) in [6, 6.07) is 6.66. The highest BCUT2D eigenvalue weighted by Gasteiger charge is 2.36. The molecule has 2 fully saturated rings. The van der Waals surface area contributed by atoms with Crippen LogP contribution in [0.15, 0.2) is 28.7 Å². The van der Waals surface area contributed by atoms with Gasteiger partial charge >= 0.3 is 0 Å². The highest BCUT2D eigenvalue weighted by molar-refractivity contribution is 7.98. The smallest absolute Gasteiger partial charge is 0.230 e. The second kappa shape index (κ2) is 7.81. The van der Waals surface area contributed by atoms with Gasteiger partial charge < -0.3 is 4.57 Å². The van der Waals surface area contributed by atoms with Gasteiger partial charge in [0.2, 0.25) is 5.91 Å². The molecule has 6 nitrogen and oxygen atoms in total.